The van der Waals surface area contributed by atoms with Crippen molar-refractivity contribution in [2.45, 2.75) is 72.5 Å². The van der Waals surface area contributed by atoms with Crippen molar-refractivity contribution in [2.75, 3.05) is 11.5 Å². The van der Waals surface area contributed by atoms with E-state index in [1.54, 1.807) is 60.6 Å². The number of hydrogen-bond acceptors (Lipinski definition) is 6. The van der Waals surface area contributed by atoms with Gasteiger partial charge in [-0.15, -0.1) is 13.2 Å². The normalized spacial score (nSPS) is 15.6. The molecule has 0 N–H and O–H groups in total. The van der Waals surface area contributed by atoms with Crippen molar-refractivity contribution in [3.63, 3.8) is 0 Å². The third-order valence-electron chi connectivity index (χ3n) is 6.06. The van der Waals surface area contributed by atoms with Gasteiger partial charge in [-0.2, -0.15) is 0 Å². The summed E-state index contributed by atoms with van der Waals surface area (Å²) in [5.41, 5.74) is -0.183. The summed E-state index contributed by atoms with van der Waals surface area (Å²) in [6.45, 7) is 11.8. The molecule has 0 bridgehead atoms. The highest BCUT2D eigenvalue weighted by Gasteiger charge is 2.52. The van der Waals surface area contributed by atoms with E-state index in [4.69, 9.17) is 9.47 Å². The number of ether oxygens (including phenoxy) is 3. The van der Waals surface area contributed by atoms with Crippen molar-refractivity contribution in [1.29, 1.82) is 0 Å². The van der Waals surface area contributed by atoms with Crippen LogP contribution in [0.2, 0.25) is 0 Å². The molecule has 11 heteroatoms. The standard InChI is InChI=1S/C27H31F3N2O6/c1-8-36-23(34)26(6,7)38-21-16(2)13-18(14-17(21)3)15-31-22(33)25(4,5)32(24(31)35)19-9-11-20(12-10-19)37-27(28,29)30/h9-14H,8,15H2,1-7H3. The summed E-state index contributed by atoms with van der Waals surface area (Å²) >= 11 is 0. The third-order valence-corrected chi connectivity index (χ3v) is 6.06. The van der Waals surface area contributed by atoms with Crippen molar-refractivity contribution in [3.05, 3.63) is 53.1 Å². The van der Waals surface area contributed by atoms with Gasteiger partial charge >= 0.3 is 18.4 Å². The van der Waals surface area contributed by atoms with Crippen molar-refractivity contribution in [2.24, 2.45) is 0 Å². The number of amides is 3. The topological polar surface area (TPSA) is 85.4 Å². The Bertz CT molecular complexity index is 1220. The molecule has 0 radical (unpaired) electrons. The van der Waals surface area contributed by atoms with Gasteiger partial charge in [-0.25, -0.2) is 9.59 Å². The summed E-state index contributed by atoms with van der Waals surface area (Å²) < 4.78 is 52.5. The number of urea groups is 1. The number of esters is 1. The molecule has 2 aromatic rings. The average Bonchev–Trinajstić information content (AvgIpc) is 2.95. The first-order valence-corrected chi connectivity index (χ1v) is 12.0. The molecular weight excluding hydrogens is 505 g/mol. The molecule has 3 amide bonds. The van der Waals surface area contributed by atoms with E-state index < -0.39 is 41.2 Å². The van der Waals surface area contributed by atoms with Gasteiger partial charge in [0.05, 0.1) is 13.2 Å². The predicted molar refractivity (Wildman–Crippen MR) is 133 cm³/mol. The van der Waals surface area contributed by atoms with Crippen molar-refractivity contribution >= 4 is 23.6 Å². The van der Waals surface area contributed by atoms with Crippen LogP contribution in [-0.4, -0.2) is 46.9 Å². The first kappa shape index (κ1) is 28.8. The summed E-state index contributed by atoms with van der Waals surface area (Å²) in [7, 11) is 0. The molecule has 0 atom stereocenters. The lowest BCUT2D eigenvalue weighted by Crippen LogP contribution is -2.44. The minimum Gasteiger partial charge on any atom is -0.476 e. The van der Waals surface area contributed by atoms with Crippen LogP contribution < -0.4 is 14.4 Å². The number of carbonyl (C=O) groups excluding carboxylic acids is 3. The fourth-order valence-electron chi connectivity index (χ4n) is 4.32. The maximum Gasteiger partial charge on any atom is 0.573 e. The summed E-state index contributed by atoms with van der Waals surface area (Å²) in [6.07, 6.45) is -4.84. The highest BCUT2D eigenvalue weighted by molar-refractivity contribution is 6.16. The number of benzene rings is 2. The van der Waals surface area contributed by atoms with Crippen LogP contribution >= 0.6 is 0 Å². The van der Waals surface area contributed by atoms with Crippen LogP contribution in [0.4, 0.5) is 23.7 Å². The molecule has 38 heavy (non-hydrogen) atoms. The number of hydrogen-bond donors (Lipinski definition) is 0. The number of imide groups is 1. The quantitative estimate of drug-likeness (QED) is 0.319. The summed E-state index contributed by atoms with van der Waals surface area (Å²) in [5, 5.41) is 0. The van der Waals surface area contributed by atoms with E-state index in [1.807, 2.05) is 0 Å². The predicted octanol–water partition coefficient (Wildman–Crippen LogP) is 5.67. The van der Waals surface area contributed by atoms with E-state index in [0.29, 0.717) is 22.4 Å². The lowest BCUT2D eigenvalue weighted by Gasteiger charge is -2.27. The van der Waals surface area contributed by atoms with Crippen LogP contribution in [0, 0.1) is 13.8 Å². The minimum absolute atomic E-state index is 0.0317. The number of halogens is 3. The lowest BCUT2D eigenvalue weighted by molar-refractivity contribution is -0.274. The van der Waals surface area contributed by atoms with Crippen molar-refractivity contribution in [3.8, 4) is 11.5 Å². The number of aryl methyl sites for hydroxylation is 2. The zero-order valence-electron chi connectivity index (χ0n) is 22.4. The number of anilines is 1. The maximum atomic E-state index is 13.4. The molecule has 206 valence electrons. The molecule has 8 nitrogen and oxygen atoms in total. The molecule has 0 saturated carbocycles. The molecule has 2 aromatic carbocycles. The molecule has 1 fully saturated rings. The van der Waals surface area contributed by atoms with Crippen LogP contribution in [0.15, 0.2) is 36.4 Å². The molecular formula is C27H31F3N2O6. The molecule has 3 rings (SSSR count). The maximum absolute atomic E-state index is 13.4. The molecule has 1 aliphatic heterocycles. The zero-order chi connectivity index (χ0) is 28.6. The van der Waals surface area contributed by atoms with Crippen LogP contribution in [0.25, 0.3) is 0 Å². The number of rotatable bonds is 8. The Hall–Kier alpha value is -3.76. The minimum atomic E-state index is -4.84. The third kappa shape index (κ3) is 5.87. The number of alkyl halides is 3. The van der Waals surface area contributed by atoms with E-state index in [9.17, 15) is 27.6 Å². The zero-order valence-corrected chi connectivity index (χ0v) is 22.4. The summed E-state index contributed by atoms with van der Waals surface area (Å²) in [4.78, 5) is 41.2. The van der Waals surface area contributed by atoms with Gasteiger partial charge in [-0.1, -0.05) is 12.1 Å². The second-order valence-corrected chi connectivity index (χ2v) is 10.0. The average molecular weight is 537 g/mol. The van der Waals surface area contributed by atoms with Crippen LogP contribution in [0.5, 0.6) is 11.5 Å². The second kappa shape index (κ2) is 10.2. The van der Waals surface area contributed by atoms with Gasteiger partial charge in [0.1, 0.15) is 17.0 Å². The smallest absolute Gasteiger partial charge is 0.476 e. The van der Waals surface area contributed by atoms with Gasteiger partial charge in [0.25, 0.3) is 5.91 Å². The van der Waals surface area contributed by atoms with Gasteiger partial charge in [0.2, 0.25) is 0 Å². The number of nitrogens with zero attached hydrogens (tertiary/aromatic N) is 2. The SMILES string of the molecule is CCOC(=O)C(C)(C)Oc1c(C)cc(CN2C(=O)N(c3ccc(OC(F)(F)F)cc3)C(C)(C)C2=O)cc1C. The van der Waals surface area contributed by atoms with E-state index in [2.05, 4.69) is 4.74 Å². The van der Waals surface area contributed by atoms with E-state index in [1.165, 1.54) is 17.0 Å². The van der Waals surface area contributed by atoms with E-state index in [0.717, 1.165) is 17.0 Å². The molecule has 0 aromatic heterocycles. The molecule has 1 heterocycles. The lowest BCUT2D eigenvalue weighted by atomic mass is 10.0. The highest BCUT2D eigenvalue weighted by Crippen LogP contribution is 2.36. The van der Waals surface area contributed by atoms with Crippen molar-refractivity contribution in [1.82, 2.24) is 4.90 Å². The van der Waals surface area contributed by atoms with Gasteiger partial charge in [0.15, 0.2) is 5.60 Å². The first-order chi connectivity index (χ1) is 17.5. The summed E-state index contributed by atoms with van der Waals surface area (Å²) in [5.74, 6) is -0.907. The second-order valence-electron chi connectivity index (χ2n) is 10.0. The Kier molecular flexibility index (Phi) is 7.72. The van der Waals surface area contributed by atoms with Gasteiger partial charge in [-0.3, -0.25) is 14.6 Å². The highest BCUT2D eigenvalue weighted by atomic mass is 19.4. The van der Waals surface area contributed by atoms with Gasteiger partial charge in [0, 0.05) is 5.69 Å². The van der Waals surface area contributed by atoms with Crippen LogP contribution in [0.1, 0.15) is 51.3 Å². The first-order valence-electron chi connectivity index (χ1n) is 12.0. The molecule has 0 aliphatic carbocycles. The Morgan fingerprint density at radius 1 is 0.974 bits per heavy atom. The van der Waals surface area contributed by atoms with Crippen LogP contribution in [-0.2, 0) is 20.9 Å². The van der Waals surface area contributed by atoms with E-state index >= 15 is 0 Å². The Morgan fingerprint density at radius 2 is 1.53 bits per heavy atom. The molecule has 1 aliphatic rings. The molecule has 1 saturated heterocycles. The molecule has 0 unspecified atom stereocenters. The van der Waals surface area contributed by atoms with E-state index in [-0.39, 0.29) is 18.8 Å². The number of carbonyl (C=O) groups is 3. The van der Waals surface area contributed by atoms with Gasteiger partial charge < -0.3 is 14.2 Å². The van der Waals surface area contributed by atoms with Crippen molar-refractivity contribution < 1.29 is 41.8 Å². The molecule has 0 spiro atoms. The Morgan fingerprint density at radius 3 is 2.03 bits per heavy atom. The largest absolute Gasteiger partial charge is 0.573 e. The summed E-state index contributed by atoms with van der Waals surface area (Å²) in [6, 6.07) is 7.69. The van der Waals surface area contributed by atoms with Crippen LogP contribution in [0.3, 0.4) is 0 Å². The van der Waals surface area contributed by atoms with Gasteiger partial charge in [-0.05, 0) is 89.4 Å². The fourth-order valence-corrected chi connectivity index (χ4v) is 4.32. The monoisotopic (exact) mass is 536 g/mol. The fraction of sp³-hybridized carbons (Fsp3) is 0.444. The Balaban J connectivity index is 1.84. The Labute approximate surface area is 219 Å².